The largest absolute Gasteiger partial charge is 0.298 e. The van der Waals surface area contributed by atoms with Gasteiger partial charge in [0.1, 0.15) is 5.01 Å². The van der Waals surface area contributed by atoms with Crippen molar-refractivity contribution in [2.45, 2.75) is 45.2 Å². The van der Waals surface area contributed by atoms with E-state index in [1.54, 1.807) is 0 Å². The summed E-state index contributed by atoms with van der Waals surface area (Å²) in [5, 5.41) is 9.82. The third-order valence-corrected chi connectivity index (χ3v) is 4.02. The number of hydrogen-bond acceptors (Lipinski definition) is 6. The van der Waals surface area contributed by atoms with Gasteiger partial charge in [0, 0.05) is 6.04 Å². The predicted molar refractivity (Wildman–Crippen MR) is 66.1 cm³/mol. The summed E-state index contributed by atoms with van der Waals surface area (Å²) in [6.45, 7) is 4.19. The van der Waals surface area contributed by atoms with Gasteiger partial charge in [-0.05, 0) is 19.4 Å². The van der Waals surface area contributed by atoms with Gasteiger partial charge >= 0.3 is 0 Å². The van der Waals surface area contributed by atoms with E-state index in [9.17, 15) is 0 Å². The fraction of sp³-hybridized carbons (Fsp3) is 0.800. The first kappa shape index (κ1) is 11.8. The van der Waals surface area contributed by atoms with Crippen LogP contribution in [-0.2, 0) is 6.54 Å². The maximum atomic E-state index is 5.29. The zero-order chi connectivity index (χ0) is 11.4. The van der Waals surface area contributed by atoms with Gasteiger partial charge in [-0.25, -0.2) is 5.84 Å². The minimum Gasteiger partial charge on any atom is -0.298 e. The first-order valence-corrected chi connectivity index (χ1v) is 6.68. The van der Waals surface area contributed by atoms with Crippen LogP contribution in [0, 0.1) is 0 Å². The molecule has 16 heavy (non-hydrogen) atoms. The lowest BCUT2D eigenvalue weighted by atomic mass is 10.2. The maximum Gasteiger partial charge on any atom is 0.219 e. The molecule has 5 nitrogen and oxygen atoms in total. The van der Waals surface area contributed by atoms with Crippen LogP contribution in [0.15, 0.2) is 0 Å². The summed E-state index contributed by atoms with van der Waals surface area (Å²) in [5.74, 6) is 5.29. The fourth-order valence-electron chi connectivity index (χ4n) is 2.32. The topological polar surface area (TPSA) is 67.1 Å². The monoisotopic (exact) mass is 241 g/mol. The number of nitrogens with one attached hydrogen (secondary N) is 1. The highest BCUT2D eigenvalue weighted by atomic mass is 32.1. The molecule has 1 aliphatic rings. The van der Waals surface area contributed by atoms with Crippen LogP contribution in [0.1, 0.15) is 37.6 Å². The predicted octanol–water partition coefficient (Wildman–Crippen LogP) is 1.59. The second kappa shape index (κ2) is 5.56. The minimum atomic E-state index is 0.692. The normalized spacial score (nSPS) is 17.2. The van der Waals surface area contributed by atoms with E-state index in [-0.39, 0.29) is 0 Å². The Labute approximate surface area is 100 Å². The van der Waals surface area contributed by atoms with Crippen molar-refractivity contribution in [3.05, 3.63) is 5.01 Å². The van der Waals surface area contributed by atoms with E-state index in [2.05, 4.69) is 27.4 Å². The second-order valence-electron chi connectivity index (χ2n) is 4.15. The van der Waals surface area contributed by atoms with Gasteiger partial charge in [0.05, 0.1) is 6.54 Å². The number of nitrogens with zero attached hydrogens (tertiary/aromatic N) is 3. The number of rotatable bonds is 5. The van der Waals surface area contributed by atoms with E-state index in [4.69, 9.17) is 5.84 Å². The first-order chi connectivity index (χ1) is 7.83. The molecule has 0 amide bonds. The van der Waals surface area contributed by atoms with Crippen LogP contribution in [-0.4, -0.2) is 27.7 Å². The zero-order valence-electron chi connectivity index (χ0n) is 9.65. The molecule has 1 aromatic rings. The average Bonchev–Trinajstić information content (AvgIpc) is 2.96. The van der Waals surface area contributed by atoms with Gasteiger partial charge in [-0.2, -0.15) is 0 Å². The van der Waals surface area contributed by atoms with E-state index < -0.39 is 0 Å². The highest BCUT2D eigenvalue weighted by molar-refractivity contribution is 7.15. The van der Waals surface area contributed by atoms with Crippen molar-refractivity contribution in [3.8, 4) is 0 Å². The molecule has 0 saturated heterocycles. The summed E-state index contributed by atoms with van der Waals surface area (Å²) < 4.78 is 0. The Morgan fingerprint density at radius 2 is 2.19 bits per heavy atom. The lowest BCUT2D eigenvalue weighted by Gasteiger charge is -2.25. The van der Waals surface area contributed by atoms with Gasteiger partial charge in [-0.15, -0.1) is 10.2 Å². The summed E-state index contributed by atoms with van der Waals surface area (Å²) in [6.07, 6.45) is 5.39. The quantitative estimate of drug-likeness (QED) is 0.605. The molecule has 1 aromatic heterocycles. The zero-order valence-corrected chi connectivity index (χ0v) is 10.5. The van der Waals surface area contributed by atoms with Crippen molar-refractivity contribution >= 4 is 16.5 Å². The first-order valence-electron chi connectivity index (χ1n) is 5.86. The fourth-order valence-corrected chi connectivity index (χ4v) is 2.99. The van der Waals surface area contributed by atoms with Gasteiger partial charge in [-0.1, -0.05) is 31.1 Å². The standard InChI is InChI=1S/C10H19N5S/c1-2-15(8-5-3-4-6-8)7-9-13-14-10(12-11)16-9/h8H,2-7,11H2,1H3,(H,12,14). The van der Waals surface area contributed by atoms with Crippen LogP contribution in [0.3, 0.4) is 0 Å². The van der Waals surface area contributed by atoms with Crippen LogP contribution in [0.25, 0.3) is 0 Å². The Kier molecular flexibility index (Phi) is 4.09. The number of hydrazine groups is 1. The Hall–Kier alpha value is -0.720. The van der Waals surface area contributed by atoms with Crippen LogP contribution in [0.4, 0.5) is 5.13 Å². The summed E-state index contributed by atoms with van der Waals surface area (Å²) in [7, 11) is 0. The molecule has 0 spiro atoms. The summed E-state index contributed by atoms with van der Waals surface area (Å²) >= 11 is 1.54. The molecule has 90 valence electrons. The van der Waals surface area contributed by atoms with Crippen LogP contribution < -0.4 is 11.3 Å². The third-order valence-electron chi connectivity index (χ3n) is 3.18. The molecule has 0 radical (unpaired) electrons. The highest BCUT2D eigenvalue weighted by Crippen LogP contribution is 2.25. The molecular formula is C10H19N5S. The Balaban J connectivity index is 1.94. The van der Waals surface area contributed by atoms with Gasteiger partial charge in [0.2, 0.25) is 5.13 Å². The molecule has 0 unspecified atom stereocenters. The van der Waals surface area contributed by atoms with Crippen molar-refractivity contribution in [3.63, 3.8) is 0 Å². The summed E-state index contributed by atoms with van der Waals surface area (Å²) in [6, 6.07) is 0.739. The number of aromatic nitrogens is 2. The van der Waals surface area contributed by atoms with Gasteiger partial charge in [0.25, 0.3) is 0 Å². The van der Waals surface area contributed by atoms with Crippen molar-refractivity contribution in [1.82, 2.24) is 15.1 Å². The van der Waals surface area contributed by atoms with Crippen LogP contribution in [0.2, 0.25) is 0 Å². The molecule has 1 heterocycles. The SMILES string of the molecule is CCN(Cc1nnc(NN)s1)C1CCCC1. The van der Waals surface area contributed by atoms with E-state index in [0.717, 1.165) is 24.1 Å². The van der Waals surface area contributed by atoms with Gasteiger partial charge in [0.15, 0.2) is 0 Å². The highest BCUT2D eigenvalue weighted by Gasteiger charge is 2.22. The molecule has 1 fully saturated rings. The Morgan fingerprint density at radius 3 is 2.75 bits per heavy atom. The molecule has 1 aliphatic carbocycles. The molecular weight excluding hydrogens is 222 g/mol. The van der Waals surface area contributed by atoms with Crippen molar-refractivity contribution in [1.29, 1.82) is 0 Å². The molecule has 0 aliphatic heterocycles. The van der Waals surface area contributed by atoms with Crippen molar-refractivity contribution in [2.75, 3.05) is 12.0 Å². The average molecular weight is 241 g/mol. The molecule has 1 saturated carbocycles. The number of nitrogen functional groups attached to an aromatic ring is 1. The van der Waals surface area contributed by atoms with Gasteiger partial charge in [-0.3, -0.25) is 10.3 Å². The summed E-state index contributed by atoms with van der Waals surface area (Å²) in [5.41, 5.74) is 2.53. The smallest absolute Gasteiger partial charge is 0.219 e. The van der Waals surface area contributed by atoms with Crippen LogP contribution >= 0.6 is 11.3 Å². The van der Waals surface area contributed by atoms with Crippen molar-refractivity contribution < 1.29 is 0 Å². The van der Waals surface area contributed by atoms with E-state index in [1.807, 2.05) is 0 Å². The second-order valence-corrected chi connectivity index (χ2v) is 5.21. The van der Waals surface area contributed by atoms with Crippen molar-refractivity contribution in [2.24, 2.45) is 5.84 Å². The van der Waals surface area contributed by atoms with E-state index >= 15 is 0 Å². The van der Waals surface area contributed by atoms with Gasteiger partial charge < -0.3 is 0 Å². The third kappa shape index (κ3) is 2.69. The van der Waals surface area contributed by atoms with E-state index in [1.165, 1.54) is 37.0 Å². The summed E-state index contributed by atoms with van der Waals surface area (Å²) in [4.78, 5) is 2.49. The molecule has 0 atom stereocenters. The number of nitrogens with two attached hydrogens (primary N) is 1. The number of anilines is 1. The maximum absolute atomic E-state index is 5.29. The Bertz CT molecular complexity index is 321. The number of hydrogen-bond donors (Lipinski definition) is 2. The Morgan fingerprint density at radius 1 is 1.44 bits per heavy atom. The lowest BCUT2D eigenvalue weighted by molar-refractivity contribution is 0.199. The molecule has 0 bridgehead atoms. The molecule has 0 aromatic carbocycles. The minimum absolute atomic E-state index is 0.692. The molecule has 3 N–H and O–H groups in total. The molecule has 6 heteroatoms. The van der Waals surface area contributed by atoms with Crippen LogP contribution in [0.5, 0.6) is 0 Å². The molecule has 2 rings (SSSR count). The lowest BCUT2D eigenvalue weighted by Crippen LogP contribution is -2.32. The van der Waals surface area contributed by atoms with E-state index in [0.29, 0.717) is 5.13 Å².